The molecular formula is C13H13ClN2O. The van der Waals surface area contributed by atoms with Gasteiger partial charge in [0.15, 0.2) is 0 Å². The predicted molar refractivity (Wildman–Crippen MR) is 68.3 cm³/mol. The number of halogens is 1. The number of methoxy groups -OCH3 is 1. The molecule has 0 radical (unpaired) electrons. The maximum absolute atomic E-state index is 6.17. The highest BCUT2D eigenvalue weighted by atomic mass is 35.5. The predicted octanol–water partition coefficient (Wildman–Crippen LogP) is 2.79. The minimum absolute atomic E-state index is 0.389. The van der Waals surface area contributed by atoms with Crippen LogP contribution in [0.15, 0.2) is 42.6 Å². The molecule has 1 aromatic heterocycles. The molecule has 0 amide bonds. The van der Waals surface area contributed by atoms with E-state index in [0.29, 0.717) is 10.7 Å². The summed E-state index contributed by atoms with van der Waals surface area (Å²) >= 11 is 6.08. The van der Waals surface area contributed by atoms with Crippen LogP contribution in [-0.2, 0) is 0 Å². The maximum Gasteiger partial charge on any atom is 0.124 e. The molecule has 4 heteroatoms. The van der Waals surface area contributed by atoms with Gasteiger partial charge >= 0.3 is 0 Å². The Bertz CT molecular complexity index is 516. The van der Waals surface area contributed by atoms with Crippen molar-refractivity contribution in [3.8, 4) is 5.75 Å². The third-order valence-corrected chi connectivity index (χ3v) is 2.88. The van der Waals surface area contributed by atoms with Crippen molar-refractivity contribution in [1.29, 1.82) is 0 Å². The molecule has 0 fully saturated rings. The number of hydrogen-bond acceptors (Lipinski definition) is 3. The molecule has 1 aromatic carbocycles. The number of nitrogens with two attached hydrogens (primary N) is 1. The van der Waals surface area contributed by atoms with E-state index in [-0.39, 0.29) is 6.04 Å². The van der Waals surface area contributed by atoms with Gasteiger partial charge in [0.1, 0.15) is 5.75 Å². The summed E-state index contributed by atoms with van der Waals surface area (Å²) in [5.74, 6) is 0.738. The summed E-state index contributed by atoms with van der Waals surface area (Å²) in [6.07, 6.45) is 1.68. The topological polar surface area (TPSA) is 48.1 Å². The second kappa shape index (κ2) is 5.17. The Balaban J connectivity index is 2.44. The van der Waals surface area contributed by atoms with E-state index in [1.165, 1.54) is 0 Å². The molecule has 2 N–H and O–H groups in total. The molecule has 0 spiro atoms. The summed E-state index contributed by atoms with van der Waals surface area (Å²) in [5, 5.41) is 0.561. The smallest absolute Gasteiger partial charge is 0.124 e. The van der Waals surface area contributed by atoms with E-state index in [4.69, 9.17) is 22.1 Å². The van der Waals surface area contributed by atoms with E-state index in [1.54, 1.807) is 25.4 Å². The average Bonchev–Trinajstić information content (AvgIpc) is 2.38. The Labute approximate surface area is 105 Å². The van der Waals surface area contributed by atoms with Gasteiger partial charge in [-0.3, -0.25) is 4.98 Å². The molecule has 2 aromatic rings. The highest BCUT2D eigenvalue weighted by Gasteiger charge is 2.17. The summed E-state index contributed by atoms with van der Waals surface area (Å²) in [7, 11) is 1.62. The molecule has 2 rings (SSSR count). The van der Waals surface area contributed by atoms with Crippen LogP contribution in [-0.4, -0.2) is 12.1 Å². The molecule has 0 saturated heterocycles. The summed E-state index contributed by atoms with van der Waals surface area (Å²) in [6, 6.07) is 10.8. The van der Waals surface area contributed by atoms with E-state index in [9.17, 15) is 0 Å². The van der Waals surface area contributed by atoms with Crippen LogP contribution in [0.25, 0.3) is 0 Å². The Morgan fingerprint density at radius 3 is 2.71 bits per heavy atom. The van der Waals surface area contributed by atoms with Gasteiger partial charge in [-0.15, -0.1) is 0 Å². The van der Waals surface area contributed by atoms with E-state index < -0.39 is 0 Å². The monoisotopic (exact) mass is 248 g/mol. The zero-order chi connectivity index (χ0) is 12.3. The van der Waals surface area contributed by atoms with Crippen LogP contribution in [0.1, 0.15) is 17.3 Å². The number of hydrogen-bond donors (Lipinski definition) is 1. The number of benzene rings is 1. The quantitative estimate of drug-likeness (QED) is 0.909. The summed E-state index contributed by atoms with van der Waals surface area (Å²) in [5.41, 5.74) is 7.69. The van der Waals surface area contributed by atoms with Crippen LogP contribution >= 0.6 is 11.6 Å². The Morgan fingerprint density at radius 1 is 1.24 bits per heavy atom. The van der Waals surface area contributed by atoms with Gasteiger partial charge < -0.3 is 10.5 Å². The van der Waals surface area contributed by atoms with Gasteiger partial charge in [-0.25, -0.2) is 0 Å². The number of pyridine rings is 1. The fourth-order valence-corrected chi connectivity index (χ4v) is 1.94. The van der Waals surface area contributed by atoms with Crippen LogP contribution in [0.3, 0.4) is 0 Å². The molecule has 88 valence electrons. The van der Waals surface area contributed by atoms with Crippen LogP contribution in [0.4, 0.5) is 0 Å². The number of ether oxygens (including phenoxy) is 1. The minimum atomic E-state index is -0.389. The lowest BCUT2D eigenvalue weighted by atomic mass is 10.0. The van der Waals surface area contributed by atoms with Gasteiger partial charge in [-0.1, -0.05) is 29.8 Å². The molecule has 0 aliphatic heterocycles. The Morgan fingerprint density at radius 2 is 2.00 bits per heavy atom. The first kappa shape index (κ1) is 11.9. The molecule has 0 aliphatic rings. The molecule has 17 heavy (non-hydrogen) atoms. The van der Waals surface area contributed by atoms with E-state index in [1.807, 2.05) is 24.3 Å². The van der Waals surface area contributed by atoms with Crippen molar-refractivity contribution in [2.75, 3.05) is 7.11 Å². The van der Waals surface area contributed by atoms with Crippen LogP contribution in [0, 0.1) is 0 Å². The number of para-hydroxylation sites is 1. The summed E-state index contributed by atoms with van der Waals surface area (Å²) in [4.78, 5) is 4.22. The average molecular weight is 249 g/mol. The molecule has 0 bridgehead atoms. The molecule has 3 nitrogen and oxygen atoms in total. The van der Waals surface area contributed by atoms with Crippen LogP contribution in [0.5, 0.6) is 5.75 Å². The van der Waals surface area contributed by atoms with Crippen LogP contribution in [0.2, 0.25) is 5.02 Å². The minimum Gasteiger partial charge on any atom is -0.496 e. The van der Waals surface area contributed by atoms with E-state index >= 15 is 0 Å². The Hall–Kier alpha value is -1.58. The number of rotatable bonds is 3. The van der Waals surface area contributed by atoms with Crippen molar-refractivity contribution in [2.45, 2.75) is 6.04 Å². The van der Waals surface area contributed by atoms with Gasteiger partial charge in [-0.05, 0) is 18.2 Å². The standard InChI is InChI=1S/C13H13ClN2O/c1-17-11-7-3-2-5-9(11)12(15)13-10(14)6-4-8-16-13/h2-8,12H,15H2,1H3. The van der Waals surface area contributed by atoms with Crippen LogP contribution < -0.4 is 10.5 Å². The normalized spacial score (nSPS) is 12.2. The maximum atomic E-state index is 6.17. The molecular weight excluding hydrogens is 236 g/mol. The number of nitrogens with zero attached hydrogens (tertiary/aromatic N) is 1. The van der Waals surface area contributed by atoms with Crippen molar-refractivity contribution in [1.82, 2.24) is 4.98 Å². The van der Waals surface area contributed by atoms with Crippen molar-refractivity contribution >= 4 is 11.6 Å². The molecule has 1 atom stereocenters. The SMILES string of the molecule is COc1ccccc1C(N)c1ncccc1Cl. The zero-order valence-corrected chi connectivity index (χ0v) is 10.2. The fourth-order valence-electron chi connectivity index (χ4n) is 1.70. The first-order chi connectivity index (χ1) is 8.24. The van der Waals surface area contributed by atoms with E-state index in [0.717, 1.165) is 11.3 Å². The third kappa shape index (κ3) is 2.40. The van der Waals surface area contributed by atoms with Gasteiger partial charge in [0.05, 0.1) is 23.9 Å². The van der Waals surface area contributed by atoms with E-state index in [2.05, 4.69) is 4.98 Å². The first-order valence-electron chi connectivity index (χ1n) is 5.23. The third-order valence-electron chi connectivity index (χ3n) is 2.56. The lowest BCUT2D eigenvalue weighted by Gasteiger charge is -2.15. The molecule has 0 aliphatic carbocycles. The van der Waals surface area contributed by atoms with Crippen molar-refractivity contribution in [2.24, 2.45) is 5.73 Å². The molecule has 1 heterocycles. The first-order valence-corrected chi connectivity index (χ1v) is 5.60. The zero-order valence-electron chi connectivity index (χ0n) is 9.43. The van der Waals surface area contributed by atoms with Crippen molar-refractivity contribution in [3.63, 3.8) is 0 Å². The van der Waals surface area contributed by atoms with Gasteiger partial charge in [0.2, 0.25) is 0 Å². The Kier molecular flexibility index (Phi) is 3.61. The second-order valence-electron chi connectivity index (χ2n) is 3.59. The van der Waals surface area contributed by atoms with Crippen molar-refractivity contribution < 1.29 is 4.74 Å². The fraction of sp³-hybridized carbons (Fsp3) is 0.154. The molecule has 0 saturated carbocycles. The second-order valence-corrected chi connectivity index (χ2v) is 4.00. The summed E-state index contributed by atoms with van der Waals surface area (Å²) in [6.45, 7) is 0. The molecule has 1 unspecified atom stereocenters. The lowest BCUT2D eigenvalue weighted by molar-refractivity contribution is 0.407. The number of aromatic nitrogens is 1. The lowest BCUT2D eigenvalue weighted by Crippen LogP contribution is -2.15. The highest BCUT2D eigenvalue weighted by molar-refractivity contribution is 6.31. The summed E-state index contributed by atoms with van der Waals surface area (Å²) < 4.78 is 5.28. The van der Waals surface area contributed by atoms with Gasteiger partial charge in [0, 0.05) is 11.8 Å². The largest absolute Gasteiger partial charge is 0.496 e. The van der Waals surface area contributed by atoms with Gasteiger partial charge in [0.25, 0.3) is 0 Å². The highest BCUT2D eigenvalue weighted by Crippen LogP contribution is 2.30. The van der Waals surface area contributed by atoms with Crippen molar-refractivity contribution in [3.05, 3.63) is 58.9 Å². The van der Waals surface area contributed by atoms with Gasteiger partial charge in [-0.2, -0.15) is 0 Å².